The summed E-state index contributed by atoms with van der Waals surface area (Å²) in [6.45, 7) is 2.07. The molecule has 2 heterocycles. The van der Waals surface area contributed by atoms with Gasteiger partial charge < -0.3 is 10.1 Å². The van der Waals surface area contributed by atoms with E-state index in [9.17, 15) is 13.2 Å². The number of ether oxygens (including phenoxy) is 1. The normalized spacial score (nSPS) is 24.3. The van der Waals surface area contributed by atoms with E-state index in [2.05, 4.69) is 5.32 Å². The molecule has 0 bridgehead atoms. The number of hydrogen-bond donors (Lipinski definition) is 1. The van der Waals surface area contributed by atoms with E-state index in [4.69, 9.17) is 4.74 Å². The van der Waals surface area contributed by atoms with Gasteiger partial charge in [-0.15, -0.1) is 0 Å². The van der Waals surface area contributed by atoms with Gasteiger partial charge in [0.1, 0.15) is 0 Å². The molecule has 0 aromatic carbocycles. The van der Waals surface area contributed by atoms with Crippen LogP contribution in [0.1, 0.15) is 12.8 Å². The van der Waals surface area contributed by atoms with Gasteiger partial charge in [0.25, 0.3) is 0 Å². The standard InChI is InChI=1S/C10H18N2O4S/c1-17(14,15)12-4-2-8(3-5-12)10(13)11-9-6-16-7-9/h8-9H,2-7H2,1H3,(H,11,13). The lowest BCUT2D eigenvalue weighted by atomic mass is 9.97. The summed E-state index contributed by atoms with van der Waals surface area (Å²) in [6.07, 6.45) is 2.41. The molecule has 0 atom stereocenters. The summed E-state index contributed by atoms with van der Waals surface area (Å²) in [5.74, 6) is -0.0277. The minimum Gasteiger partial charge on any atom is -0.377 e. The summed E-state index contributed by atoms with van der Waals surface area (Å²) in [6, 6.07) is 0.149. The van der Waals surface area contributed by atoms with Crippen LogP contribution in [0.25, 0.3) is 0 Å². The van der Waals surface area contributed by atoms with Gasteiger partial charge in [-0.25, -0.2) is 12.7 Å². The van der Waals surface area contributed by atoms with Crippen LogP contribution in [-0.2, 0) is 19.6 Å². The number of amides is 1. The third-order valence-corrected chi connectivity index (χ3v) is 4.58. The maximum Gasteiger partial charge on any atom is 0.223 e. The van der Waals surface area contributed by atoms with Gasteiger partial charge in [0.05, 0.1) is 25.5 Å². The Morgan fingerprint density at radius 3 is 2.29 bits per heavy atom. The molecule has 0 radical (unpaired) electrons. The van der Waals surface area contributed by atoms with E-state index in [0.717, 1.165) is 0 Å². The van der Waals surface area contributed by atoms with E-state index in [1.165, 1.54) is 10.6 Å². The van der Waals surface area contributed by atoms with Gasteiger partial charge in [0.2, 0.25) is 15.9 Å². The average Bonchev–Trinajstić information content (AvgIpc) is 2.22. The Bertz CT molecular complexity index is 383. The minimum absolute atomic E-state index is 0.0338. The fourth-order valence-electron chi connectivity index (χ4n) is 2.09. The Labute approximate surface area is 101 Å². The number of nitrogens with zero attached hydrogens (tertiary/aromatic N) is 1. The highest BCUT2D eigenvalue weighted by atomic mass is 32.2. The van der Waals surface area contributed by atoms with Gasteiger partial charge in [-0.3, -0.25) is 4.79 Å². The maximum atomic E-state index is 11.8. The molecule has 0 aromatic heterocycles. The number of nitrogens with one attached hydrogen (secondary N) is 1. The quantitative estimate of drug-likeness (QED) is 0.720. The molecule has 0 spiro atoms. The van der Waals surface area contributed by atoms with Crippen LogP contribution in [0.3, 0.4) is 0 Å². The first kappa shape index (κ1) is 12.8. The summed E-state index contributed by atoms with van der Waals surface area (Å²) in [5.41, 5.74) is 0. The molecule has 0 aliphatic carbocycles. The molecule has 7 heteroatoms. The molecule has 0 unspecified atom stereocenters. The number of sulfonamides is 1. The zero-order chi connectivity index (χ0) is 12.5. The van der Waals surface area contributed by atoms with Crippen LogP contribution in [0.5, 0.6) is 0 Å². The lowest BCUT2D eigenvalue weighted by Gasteiger charge is -2.32. The molecule has 0 saturated carbocycles. The van der Waals surface area contributed by atoms with Gasteiger partial charge in [-0.1, -0.05) is 0 Å². The van der Waals surface area contributed by atoms with Crippen LogP contribution in [0.2, 0.25) is 0 Å². The van der Waals surface area contributed by atoms with E-state index in [0.29, 0.717) is 39.1 Å². The van der Waals surface area contributed by atoms with Gasteiger partial charge in [-0.05, 0) is 12.8 Å². The molecule has 1 amide bonds. The third kappa shape index (κ3) is 3.17. The second-order valence-electron chi connectivity index (χ2n) is 4.68. The fourth-order valence-corrected chi connectivity index (χ4v) is 2.96. The van der Waals surface area contributed by atoms with E-state index >= 15 is 0 Å². The van der Waals surface area contributed by atoms with Crippen molar-refractivity contribution in [3.63, 3.8) is 0 Å². The summed E-state index contributed by atoms with van der Waals surface area (Å²) in [4.78, 5) is 11.8. The number of carbonyl (C=O) groups excluding carboxylic acids is 1. The second-order valence-corrected chi connectivity index (χ2v) is 6.66. The lowest BCUT2D eigenvalue weighted by molar-refractivity contribution is -0.130. The van der Waals surface area contributed by atoms with Crippen molar-refractivity contribution in [2.75, 3.05) is 32.6 Å². The van der Waals surface area contributed by atoms with E-state index in [-0.39, 0.29) is 17.9 Å². The Morgan fingerprint density at radius 1 is 1.29 bits per heavy atom. The summed E-state index contributed by atoms with van der Waals surface area (Å²) >= 11 is 0. The van der Waals surface area contributed by atoms with Gasteiger partial charge in [0.15, 0.2) is 0 Å². The maximum absolute atomic E-state index is 11.8. The van der Waals surface area contributed by atoms with Gasteiger partial charge in [0, 0.05) is 19.0 Å². The van der Waals surface area contributed by atoms with Gasteiger partial charge in [-0.2, -0.15) is 0 Å². The molecular formula is C10H18N2O4S. The van der Waals surface area contributed by atoms with Crippen molar-refractivity contribution in [3.8, 4) is 0 Å². The first-order valence-electron chi connectivity index (χ1n) is 5.80. The summed E-state index contributed by atoms with van der Waals surface area (Å²) in [5, 5.41) is 2.91. The highest BCUT2D eigenvalue weighted by Gasteiger charge is 2.30. The zero-order valence-electron chi connectivity index (χ0n) is 9.89. The van der Waals surface area contributed by atoms with E-state index < -0.39 is 10.0 Å². The molecule has 2 rings (SSSR count). The van der Waals surface area contributed by atoms with E-state index in [1.807, 2.05) is 0 Å². The monoisotopic (exact) mass is 262 g/mol. The Kier molecular flexibility index (Phi) is 3.70. The number of rotatable bonds is 3. The van der Waals surface area contributed by atoms with Crippen molar-refractivity contribution >= 4 is 15.9 Å². The molecule has 2 fully saturated rings. The number of carbonyl (C=O) groups is 1. The van der Waals surface area contributed by atoms with Crippen molar-refractivity contribution < 1.29 is 17.9 Å². The predicted octanol–water partition coefficient (Wildman–Crippen LogP) is -0.827. The Morgan fingerprint density at radius 2 is 1.88 bits per heavy atom. The number of hydrogen-bond acceptors (Lipinski definition) is 4. The average molecular weight is 262 g/mol. The second kappa shape index (κ2) is 4.91. The van der Waals surface area contributed by atoms with Crippen LogP contribution >= 0.6 is 0 Å². The largest absolute Gasteiger partial charge is 0.377 e. The number of piperidine rings is 1. The molecule has 0 aromatic rings. The first-order chi connectivity index (χ1) is 7.97. The van der Waals surface area contributed by atoms with E-state index in [1.54, 1.807) is 0 Å². The van der Waals surface area contributed by atoms with Crippen LogP contribution in [0.15, 0.2) is 0 Å². The molecule has 2 aliphatic rings. The fraction of sp³-hybridized carbons (Fsp3) is 0.900. The molecule has 2 saturated heterocycles. The molecule has 17 heavy (non-hydrogen) atoms. The van der Waals surface area contributed by atoms with Crippen LogP contribution in [0, 0.1) is 5.92 Å². The van der Waals surface area contributed by atoms with Crippen LogP contribution < -0.4 is 5.32 Å². The molecule has 2 aliphatic heterocycles. The zero-order valence-corrected chi connectivity index (χ0v) is 10.7. The predicted molar refractivity (Wildman–Crippen MR) is 61.9 cm³/mol. The van der Waals surface area contributed by atoms with Crippen molar-refractivity contribution in [1.29, 1.82) is 0 Å². The van der Waals surface area contributed by atoms with Crippen LogP contribution in [0.4, 0.5) is 0 Å². The van der Waals surface area contributed by atoms with Crippen molar-refractivity contribution in [3.05, 3.63) is 0 Å². The SMILES string of the molecule is CS(=O)(=O)N1CCC(C(=O)NC2COC2)CC1. The Hall–Kier alpha value is -0.660. The van der Waals surface area contributed by atoms with Crippen molar-refractivity contribution in [2.24, 2.45) is 5.92 Å². The molecule has 98 valence electrons. The van der Waals surface area contributed by atoms with Crippen molar-refractivity contribution in [2.45, 2.75) is 18.9 Å². The summed E-state index contributed by atoms with van der Waals surface area (Å²) in [7, 11) is -3.11. The third-order valence-electron chi connectivity index (χ3n) is 3.28. The highest BCUT2D eigenvalue weighted by Crippen LogP contribution is 2.19. The topological polar surface area (TPSA) is 75.7 Å². The molecular weight excluding hydrogens is 244 g/mol. The van der Waals surface area contributed by atoms with Crippen molar-refractivity contribution in [1.82, 2.24) is 9.62 Å². The molecule has 6 nitrogen and oxygen atoms in total. The Balaban J connectivity index is 1.80. The molecule has 1 N–H and O–H groups in total. The smallest absolute Gasteiger partial charge is 0.223 e. The summed E-state index contributed by atoms with van der Waals surface area (Å²) < 4.78 is 29.0. The van der Waals surface area contributed by atoms with Gasteiger partial charge >= 0.3 is 0 Å². The first-order valence-corrected chi connectivity index (χ1v) is 7.65. The van der Waals surface area contributed by atoms with Crippen LogP contribution in [-0.4, -0.2) is 57.2 Å². The highest BCUT2D eigenvalue weighted by molar-refractivity contribution is 7.88. The minimum atomic E-state index is -3.11. The lowest BCUT2D eigenvalue weighted by Crippen LogP contribution is -2.51.